The Morgan fingerprint density at radius 2 is 1.97 bits per heavy atom. The van der Waals surface area contributed by atoms with Crippen LogP contribution in [0.4, 0.5) is 4.79 Å². The van der Waals surface area contributed by atoms with Crippen LogP contribution in [-0.4, -0.2) is 33.5 Å². The first kappa shape index (κ1) is 20.4. The number of urea groups is 1. The molecule has 154 valence electrons. The van der Waals surface area contributed by atoms with Crippen molar-refractivity contribution >= 4 is 17.8 Å². The van der Waals surface area contributed by atoms with Crippen molar-refractivity contribution in [1.82, 2.24) is 20.9 Å². The van der Waals surface area contributed by atoms with Crippen molar-refractivity contribution in [2.45, 2.75) is 52.7 Å². The van der Waals surface area contributed by atoms with Crippen LogP contribution < -0.4 is 15.5 Å². The van der Waals surface area contributed by atoms with E-state index in [1.807, 2.05) is 13.8 Å². The molecule has 2 heterocycles. The summed E-state index contributed by atoms with van der Waals surface area (Å²) in [5, 5.41) is 7.21. The molecule has 1 aliphatic heterocycles. The smallest absolute Gasteiger partial charge is 0.344 e. The maximum Gasteiger partial charge on any atom is 0.344 e. The van der Waals surface area contributed by atoms with Crippen LogP contribution in [0.5, 0.6) is 5.75 Å². The van der Waals surface area contributed by atoms with Crippen LogP contribution in [-0.2, 0) is 22.6 Å². The summed E-state index contributed by atoms with van der Waals surface area (Å²) < 4.78 is 10.8. The van der Waals surface area contributed by atoms with E-state index in [2.05, 4.69) is 15.9 Å². The van der Waals surface area contributed by atoms with Gasteiger partial charge in [-0.25, -0.2) is 4.79 Å². The summed E-state index contributed by atoms with van der Waals surface area (Å²) in [5.74, 6) is 0.428. The molecule has 29 heavy (non-hydrogen) atoms. The number of carbonyl (C=O) groups is 3. The van der Waals surface area contributed by atoms with E-state index in [9.17, 15) is 14.4 Å². The Hall–Kier alpha value is -3.36. The minimum absolute atomic E-state index is 0.0179. The molecule has 0 radical (unpaired) electrons. The topological polar surface area (TPSA) is 114 Å². The van der Waals surface area contributed by atoms with Crippen molar-refractivity contribution in [3.8, 4) is 5.75 Å². The van der Waals surface area contributed by atoms with Gasteiger partial charge in [0.25, 0.3) is 5.91 Å². The van der Waals surface area contributed by atoms with Gasteiger partial charge in [-0.05, 0) is 44.9 Å². The predicted octanol–water partition coefficient (Wildman–Crippen LogP) is 2.16. The van der Waals surface area contributed by atoms with Gasteiger partial charge in [0.15, 0.2) is 0 Å². The molecule has 0 unspecified atom stereocenters. The molecular weight excluding hydrogens is 376 g/mol. The molecule has 0 bridgehead atoms. The van der Waals surface area contributed by atoms with Crippen LogP contribution in [0.15, 0.2) is 28.8 Å². The highest BCUT2D eigenvalue weighted by molar-refractivity contribution is 6.07. The molecule has 1 aliphatic rings. The Kier molecular flexibility index (Phi) is 5.58. The first-order valence-electron chi connectivity index (χ1n) is 9.33. The summed E-state index contributed by atoms with van der Waals surface area (Å²) in [7, 11) is 0. The fourth-order valence-corrected chi connectivity index (χ4v) is 2.94. The Morgan fingerprint density at radius 3 is 2.52 bits per heavy atom. The molecule has 4 amide bonds. The van der Waals surface area contributed by atoms with Crippen molar-refractivity contribution in [3.63, 3.8) is 0 Å². The van der Waals surface area contributed by atoms with Gasteiger partial charge in [-0.3, -0.25) is 15.0 Å². The third-order valence-corrected chi connectivity index (χ3v) is 5.06. The van der Waals surface area contributed by atoms with E-state index < -0.39 is 23.4 Å². The molecule has 2 N–H and O–H groups in total. The van der Waals surface area contributed by atoms with Crippen LogP contribution >= 0.6 is 0 Å². The number of rotatable bonds is 7. The van der Waals surface area contributed by atoms with Gasteiger partial charge in [0.2, 0.25) is 5.91 Å². The van der Waals surface area contributed by atoms with Crippen LogP contribution in [0.2, 0.25) is 0 Å². The van der Waals surface area contributed by atoms with Gasteiger partial charge in [-0.2, -0.15) is 5.01 Å². The predicted molar refractivity (Wildman–Crippen MR) is 103 cm³/mol. The van der Waals surface area contributed by atoms with Gasteiger partial charge < -0.3 is 14.6 Å². The number of imide groups is 1. The summed E-state index contributed by atoms with van der Waals surface area (Å²) in [6, 6.07) is 6.38. The van der Waals surface area contributed by atoms with E-state index >= 15 is 0 Å². The van der Waals surface area contributed by atoms with Gasteiger partial charge >= 0.3 is 6.03 Å². The summed E-state index contributed by atoms with van der Waals surface area (Å²) in [6.45, 7) is 7.43. The molecule has 2 aromatic rings. The number of nitrogens with zero attached hydrogens (tertiary/aromatic N) is 2. The highest BCUT2D eigenvalue weighted by Gasteiger charge is 2.47. The Balaban J connectivity index is 1.55. The van der Waals surface area contributed by atoms with Crippen LogP contribution in [0, 0.1) is 13.8 Å². The Labute approximate surface area is 168 Å². The van der Waals surface area contributed by atoms with Crippen molar-refractivity contribution in [3.05, 3.63) is 46.8 Å². The normalized spacial score (nSPS) is 18.7. The highest BCUT2D eigenvalue weighted by atomic mass is 16.5. The molecule has 1 atom stereocenters. The monoisotopic (exact) mass is 400 g/mol. The fourth-order valence-electron chi connectivity index (χ4n) is 2.94. The quantitative estimate of drug-likeness (QED) is 0.689. The van der Waals surface area contributed by atoms with E-state index in [0.717, 1.165) is 27.6 Å². The molecule has 0 aliphatic carbocycles. The molecule has 1 aromatic heterocycles. The number of amides is 4. The van der Waals surface area contributed by atoms with Crippen LogP contribution in [0.3, 0.4) is 0 Å². The van der Waals surface area contributed by atoms with Gasteiger partial charge in [0, 0.05) is 0 Å². The highest BCUT2D eigenvalue weighted by Crippen LogP contribution is 2.20. The number of ether oxygens (including phenoxy) is 1. The van der Waals surface area contributed by atoms with Gasteiger partial charge in [0.1, 0.15) is 23.7 Å². The molecule has 0 saturated carbocycles. The minimum atomic E-state index is -0.995. The fraction of sp³-hybridized carbons (Fsp3) is 0.400. The number of benzene rings is 1. The second-order valence-electron chi connectivity index (χ2n) is 7.20. The lowest BCUT2D eigenvalue weighted by Gasteiger charge is -2.19. The lowest BCUT2D eigenvalue weighted by atomic mass is 10.00. The van der Waals surface area contributed by atoms with Crippen LogP contribution in [0.25, 0.3) is 0 Å². The van der Waals surface area contributed by atoms with Crippen LogP contribution in [0.1, 0.15) is 42.8 Å². The summed E-state index contributed by atoms with van der Waals surface area (Å²) in [6.07, 6.45) is 0.448. The van der Waals surface area contributed by atoms with Gasteiger partial charge in [-0.15, -0.1) is 0 Å². The zero-order valence-electron chi connectivity index (χ0n) is 16.9. The minimum Gasteiger partial charge on any atom is -0.489 e. The number of carbonyl (C=O) groups excluding carboxylic acids is 3. The summed E-state index contributed by atoms with van der Waals surface area (Å²) in [5.41, 5.74) is 3.79. The van der Waals surface area contributed by atoms with Gasteiger partial charge in [-0.1, -0.05) is 24.2 Å². The summed E-state index contributed by atoms with van der Waals surface area (Å²) >= 11 is 0. The molecule has 9 nitrogen and oxygen atoms in total. The molecule has 9 heteroatoms. The van der Waals surface area contributed by atoms with Crippen molar-refractivity contribution in [2.24, 2.45) is 0 Å². The summed E-state index contributed by atoms with van der Waals surface area (Å²) in [4.78, 5) is 36.5. The lowest BCUT2D eigenvalue weighted by molar-refractivity contribution is -0.138. The lowest BCUT2D eigenvalue weighted by Crippen LogP contribution is -2.49. The van der Waals surface area contributed by atoms with E-state index in [1.54, 1.807) is 38.1 Å². The second kappa shape index (κ2) is 7.94. The zero-order valence-corrected chi connectivity index (χ0v) is 16.9. The van der Waals surface area contributed by atoms with Crippen molar-refractivity contribution in [1.29, 1.82) is 0 Å². The number of hydrazine groups is 1. The number of hydrogen-bond donors (Lipinski definition) is 2. The average molecular weight is 400 g/mol. The average Bonchev–Trinajstić information content (AvgIpc) is 3.12. The third kappa shape index (κ3) is 4.23. The van der Waals surface area contributed by atoms with E-state index in [1.165, 1.54) is 0 Å². The molecule has 1 fully saturated rings. The number of hydrogen-bond acceptors (Lipinski definition) is 6. The van der Waals surface area contributed by atoms with E-state index in [-0.39, 0.29) is 6.42 Å². The molecular formula is C20H24N4O5. The Morgan fingerprint density at radius 1 is 1.28 bits per heavy atom. The first-order chi connectivity index (χ1) is 13.7. The van der Waals surface area contributed by atoms with Crippen molar-refractivity contribution in [2.75, 3.05) is 0 Å². The Bertz CT molecular complexity index is 917. The molecule has 0 spiro atoms. The van der Waals surface area contributed by atoms with E-state index in [4.69, 9.17) is 9.26 Å². The first-order valence-corrected chi connectivity index (χ1v) is 9.33. The second-order valence-corrected chi connectivity index (χ2v) is 7.20. The molecule has 1 aromatic carbocycles. The standard InChI is InChI=1S/C20H24N4O5/c1-5-20(4)18(26)24(19(27)21-20)22-17(25)10-14-6-8-15(9-7-14)28-11-16-12(2)23-29-13(16)3/h6-9H,5,10-11H2,1-4H3,(H,21,27)(H,22,25)/t20-/m1/s1. The third-order valence-electron chi connectivity index (χ3n) is 5.06. The maximum atomic E-state index is 12.3. The zero-order chi connectivity index (χ0) is 21.2. The number of nitrogens with one attached hydrogen (secondary N) is 2. The molecule has 1 saturated heterocycles. The largest absolute Gasteiger partial charge is 0.489 e. The maximum absolute atomic E-state index is 12.3. The SMILES string of the molecule is CC[C@@]1(C)NC(=O)N(NC(=O)Cc2ccc(OCc3c(C)noc3C)cc2)C1=O. The van der Waals surface area contributed by atoms with Gasteiger partial charge in [0.05, 0.1) is 17.7 Å². The molecule has 3 rings (SSSR count). The number of aromatic nitrogens is 1. The van der Waals surface area contributed by atoms with Crippen molar-refractivity contribution < 1.29 is 23.6 Å². The van der Waals surface area contributed by atoms with E-state index in [0.29, 0.717) is 18.8 Å². The number of aryl methyl sites for hydroxylation is 2.